The van der Waals surface area contributed by atoms with Gasteiger partial charge in [0, 0.05) is 11.1 Å². The maximum absolute atomic E-state index is 12.3. The number of para-hydroxylation sites is 2. The Kier molecular flexibility index (Phi) is 4.90. The topological polar surface area (TPSA) is 64.3 Å². The number of thiocarbonyl (C=S) groups is 1. The van der Waals surface area contributed by atoms with Crippen LogP contribution in [0.25, 0.3) is 0 Å². The van der Waals surface area contributed by atoms with Crippen molar-refractivity contribution in [3.63, 3.8) is 0 Å². The molecule has 0 spiro atoms. The quantitative estimate of drug-likeness (QED) is 0.833. The molecule has 0 radical (unpaired) electrons. The van der Waals surface area contributed by atoms with Crippen molar-refractivity contribution in [2.45, 2.75) is 6.92 Å². The van der Waals surface area contributed by atoms with Gasteiger partial charge in [0.05, 0.1) is 12.3 Å². The van der Waals surface area contributed by atoms with E-state index in [0.717, 1.165) is 0 Å². The maximum atomic E-state index is 12.3. The largest absolute Gasteiger partial charge is 0.492 e. The zero-order valence-corrected chi connectivity index (χ0v) is 12.4. The van der Waals surface area contributed by atoms with E-state index in [4.69, 9.17) is 22.7 Å². The van der Waals surface area contributed by atoms with Crippen LogP contribution in [0, 0.1) is 0 Å². The summed E-state index contributed by atoms with van der Waals surface area (Å²) in [6.45, 7) is 2.42. The second-order valence-corrected chi connectivity index (χ2v) is 4.77. The van der Waals surface area contributed by atoms with Crippen LogP contribution in [-0.2, 0) is 0 Å². The molecule has 0 heterocycles. The number of nitrogens with two attached hydrogens (primary N) is 1. The van der Waals surface area contributed by atoms with E-state index < -0.39 is 0 Å². The van der Waals surface area contributed by atoms with Crippen molar-refractivity contribution < 1.29 is 9.53 Å². The van der Waals surface area contributed by atoms with E-state index >= 15 is 0 Å². The summed E-state index contributed by atoms with van der Waals surface area (Å²) < 4.78 is 5.48. The predicted octanol–water partition coefficient (Wildman–Crippen LogP) is 2.97. The van der Waals surface area contributed by atoms with Gasteiger partial charge in [-0.3, -0.25) is 4.79 Å². The molecular weight excluding hydrogens is 284 g/mol. The third-order valence-electron chi connectivity index (χ3n) is 2.84. The van der Waals surface area contributed by atoms with E-state index in [1.165, 1.54) is 0 Å². The molecule has 3 N–H and O–H groups in total. The number of carbonyl (C=O) groups is 1. The fraction of sp³-hybridized carbons (Fsp3) is 0.125. The van der Waals surface area contributed by atoms with Crippen LogP contribution in [0.4, 0.5) is 5.69 Å². The smallest absolute Gasteiger partial charge is 0.255 e. The SMILES string of the molecule is CCOc1ccccc1NC(=O)c1cccc(C(N)=S)c1. The monoisotopic (exact) mass is 300 g/mol. The minimum absolute atomic E-state index is 0.236. The number of nitrogens with one attached hydrogen (secondary N) is 1. The Bertz CT molecular complexity index is 671. The van der Waals surface area contributed by atoms with Gasteiger partial charge in [-0.1, -0.05) is 36.5 Å². The molecular formula is C16H16N2O2S. The van der Waals surface area contributed by atoms with Crippen molar-refractivity contribution >= 4 is 28.8 Å². The highest BCUT2D eigenvalue weighted by Crippen LogP contribution is 2.24. The van der Waals surface area contributed by atoms with Crippen LogP contribution in [0.3, 0.4) is 0 Å². The van der Waals surface area contributed by atoms with Gasteiger partial charge in [0.15, 0.2) is 0 Å². The van der Waals surface area contributed by atoms with Crippen molar-refractivity contribution in [3.8, 4) is 5.75 Å². The molecule has 2 aromatic carbocycles. The lowest BCUT2D eigenvalue weighted by molar-refractivity contribution is 0.102. The minimum Gasteiger partial charge on any atom is -0.492 e. The molecule has 2 rings (SSSR count). The molecule has 0 saturated carbocycles. The first kappa shape index (κ1) is 15.0. The van der Waals surface area contributed by atoms with E-state index in [9.17, 15) is 4.79 Å². The average Bonchev–Trinajstić information content (AvgIpc) is 2.49. The van der Waals surface area contributed by atoms with Crippen LogP contribution in [0.1, 0.15) is 22.8 Å². The predicted molar refractivity (Wildman–Crippen MR) is 87.9 cm³/mol. The first-order valence-electron chi connectivity index (χ1n) is 6.55. The third kappa shape index (κ3) is 3.79. The molecule has 4 nitrogen and oxygen atoms in total. The van der Waals surface area contributed by atoms with Gasteiger partial charge in [0.25, 0.3) is 5.91 Å². The van der Waals surface area contributed by atoms with Gasteiger partial charge in [-0.2, -0.15) is 0 Å². The van der Waals surface area contributed by atoms with Crippen molar-refractivity contribution in [1.29, 1.82) is 0 Å². The number of hydrogen-bond donors (Lipinski definition) is 2. The molecule has 0 aliphatic rings. The Morgan fingerprint density at radius 2 is 1.90 bits per heavy atom. The number of anilines is 1. The summed E-state index contributed by atoms with van der Waals surface area (Å²) in [6, 6.07) is 14.2. The molecule has 0 atom stereocenters. The second-order valence-electron chi connectivity index (χ2n) is 4.33. The first-order valence-corrected chi connectivity index (χ1v) is 6.95. The fourth-order valence-corrected chi connectivity index (χ4v) is 1.99. The van der Waals surface area contributed by atoms with Crippen molar-refractivity contribution in [2.75, 3.05) is 11.9 Å². The lowest BCUT2D eigenvalue weighted by Crippen LogP contribution is -2.15. The zero-order valence-electron chi connectivity index (χ0n) is 11.6. The number of amides is 1. The highest BCUT2D eigenvalue weighted by molar-refractivity contribution is 7.80. The fourth-order valence-electron chi connectivity index (χ4n) is 1.86. The van der Waals surface area contributed by atoms with Gasteiger partial charge >= 0.3 is 0 Å². The highest BCUT2D eigenvalue weighted by atomic mass is 32.1. The van der Waals surface area contributed by atoms with E-state index in [0.29, 0.717) is 29.2 Å². The molecule has 0 saturated heterocycles. The number of ether oxygens (including phenoxy) is 1. The van der Waals surface area contributed by atoms with Crippen molar-refractivity contribution in [3.05, 3.63) is 59.7 Å². The molecule has 108 valence electrons. The van der Waals surface area contributed by atoms with Crippen LogP contribution in [-0.4, -0.2) is 17.5 Å². The Labute approximate surface area is 128 Å². The van der Waals surface area contributed by atoms with Gasteiger partial charge < -0.3 is 15.8 Å². The molecule has 0 aromatic heterocycles. The molecule has 21 heavy (non-hydrogen) atoms. The van der Waals surface area contributed by atoms with Gasteiger partial charge in [-0.25, -0.2) is 0 Å². The van der Waals surface area contributed by atoms with E-state index in [1.54, 1.807) is 30.3 Å². The Morgan fingerprint density at radius 3 is 2.62 bits per heavy atom. The van der Waals surface area contributed by atoms with Crippen LogP contribution in [0.2, 0.25) is 0 Å². The Balaban J connectivity index is 2.22. The summed E-state index contributed by atoms with van der Waals surface area (Å²) in [7, 11) is 0. The zero-order chi connectivity index (χ0) is 15.2. The summed E-state index contributed by atoms with van der Waals surface area (Å²) in [5.41, 5.74) is 7.36. The lowest BCUT2D eigenvalue weighted by Gasteiger charge is -2.11. The summed E-state index contributed by atoms with van der Waals surface area (Å²) in [6.07, 6.45) is 0. The van der Waals surface area contributed by atoms with Gasteiger partial charge in [-0.15, -0.1) is 0 Å². The summed E-state index contributed by atoms with van der Waals surface area (Å²) >= 11 is 4.92. The van der Waals surface area contributed by atoms with Crippen molar-refractivity contribution in [1.82, 2.24) is 0 Å². The number of rotatable bonds is 5. The Hall–Kier alpha value is -2.40. The van der Waals surface area contributed by atoms with Crippen LogP contribution in [0.15, 0.2) is 48.5 Å². The summed E-state index contributed by atoms with van der Waals surface area (Å²) in [4.78, 5) is 12.6. The van der Waals surface area contributed by atoms with Crippen molar-refractivity contribution in [2.24, 2.45) is 5.73 Å². The summed E-state index contributed by atoms with van der Waals surface area (Å²) in [5.74, 6) is 0.402. The molecule has 2 aromatic rings. The van der Waals surface area contributed by atoms with E-state index in [-0.39, 0.29) is 10.9 Å². The molecule has 0 fully saturated rings. The van der Waals surface area contributed by atoms with Crippen LogP contribution in [0.5, 0.6) is 5.75 Å². The first-order chi connectivity index (χ1) is 10.1. The molecule has 0 aliphatic heterocycles. The third-order valence-corrected chi connectivity index (χ3v) is 3.08. The molecule has 0 aliphatic carbocycles. The van der Waals surface area contributed by atoms with E-state index in [2.05, 4.69) is 5.32 Å². The van der Waals surface area contributed by atoms with Gasteiger partial charge in [0.2, 0.25) is 0 Å². The van der Waals surface area contributed by atoms with Gasteiger partial charge in [0.1, 0.15) is 10.7 Å². The molecule has 1 amide bonds. The molecule has 0 unspecified atom stereocenters. The standard InChI is InChI=1S/C16H16N2O2S/c1-2-20-14-9-4-3-8-13(14)18-16(19)12-7-5-6-11(10-12)15(17)21/h3-10H,2H2,1H3,(H2,17,21)(H,18,19). The van der Waals surface area contributed by atoms with Crippen LogP contribution < -0.4 is 15.8 Å². The number of hydrogen-bond acceptors (Lipinski definition) is 3. The summed E-state index contributed by atoms with van der Waals surface area (Å²) in [5, 5.41) is 2.83. The second kappa shape index (κ2) is 6.85. The number of carbonyl (C=O) groups excluding carboxylic acids is 1. The maximum Gasteiger partial charge on any atom is 0.255 e. The normalized spacial score (nSPS) is 9.95. The minimum atomic E-state index is -0.236. The molecule has 0 bridgehead atoms. The van der Waals surface area contributed by atoms with E-state index in [1.807, 2.05) is 25.1 Å². The number of benzene rings is 2. The average molecular weight is 300 g/mol. The lowest BCUT2D eigenvalue weighted by atomic mass is 10.1. The Morgan fingerprint density at radius 1 is 1.19 bits per heavy atom. The van der Waals surface area contributed by atoms with Gasteiger partial charge in [-0.05, 0) is 31.2 Å². The van der Waals surface area contributed by atoms with Crippen LogP contribution >= 0.6 is 12.2 Å². The molecule has 5 heteroatoms. The highest BCUT2D eigenvalue weighted by Gasteiger charge is 2.10.